The highest BCUT2D eigenvalue weighted by molar-refractivity contribution is 5.89. The van der Waals surface area contributed by atoms with Gasteiger partial charge in [-0.15, -0.1) is 0 Å². The molecule has 1 atom stereocenters. The van der Waals surface area contributed by atoms with Gasteiger partial charge < -0.3 is 10.4 Å². The van der Waals surface area contributed by atoms with Crippen LogP contribution in [-0.4, -0.2) is 18.1 Å². The number of aromatic carboxylic acids is 1. The lowest BCUT2D eigenvalue weighted by Gasteiger charge is -2.11. The van der Waals surface area contributed by atoms with E-state index in [1.807, 2.05) is 25.2 Å². The second kappa shape index (κ2) is 5.67. The summed E-state index contributed by atoms with van der Waals surface area (Å²) >= 11 is 0. The summed E-state index contributed by atoms with van der Waals surface area (Å²) < 4.78 is 0. The van der Waals surface area contributed by atoms with Crippen LogP contribution in [0.25, 0.3) is 11.1 Å². The molecule has 2 N–H and O–H groups in total. The Balaban J connectivity index is 2.32. The van der Waals surface area contributed by atoms with E-state index in [4.69, 9.17) is 5.11 Å². The van der Waals surface area contributed by atoms with Crippen molar-refractivity contribution >= 4 is 5.97 Å². The average Bonchev–Trinajstić information content (AvgIpc) is 2.46. The molecule has 0 spiro atoms. The average molecular weight is 255 g/mol. The first-order valence-corrected chi connectivity index (χ1v) is 6.23. The van der Waals surface area contributed by atoms with Crippen molar-refractivity contribution in [1.82, 2.24) is 5.32 Å². The summed E-state index contributed by atoms with van der Waals surface area (Å²) in [6.07, 6.45) is 0. The number of carboxylic acid groups (broad SMARTS) is 1. The lowest BCUT2D eigenvalue weighted by Crippen LogP contribution is -2.11. The molecular weight excluding hydrogens is 238 g/mol. The third-order valence-corrected chi connectivity index (χ3v) is 3.29. The maximum atomic E-state index is 11.0. The highest BCUT2D eigenvalue weighted by Crippen LogP contribution is 2.22. The highest BCUT2D eigenvalue weighted by atomic mass is 16.4. The van der Waals surface area contributed by atoms with E-state index in [0.717, 1.165) is 11.1 Å². The molecule has 0 saturated carbocycles. The number of carbonyl (C=O) groups is 1. The molecule has 0 radical (unpaired) electrons. The van der Waals surface area contributed by atoms with Gasteiger partial charge in [-0.25, -0.2) is 4.79 Å². The van der Waals surface area contributed by atoms with Crippen molar-refractivity contribution < 1.29 is 9.90 Å². The molecule has 0 fully saturated rings. The van der Waals surface area contributed by atoms with Gasteiger partial charge in [0.2, 0.25) is 0 Å². The summed E-state index contributed by atoms with van der Waals surface area (Å²) in [4.78, 5) is 11.0. The van der Waals surface area contributed by atoms with Crippen molar-refractivity contribution in [3.05, 3.63) is 59.7 Å². The van der Waals surface area contributed by atoms with E-state index in [2.05, 4.69) is 24.4 Å². The second-order valence-corrected chi connectivity index (χ2v) is 4.52. The van der Waals surface area contributed by atoms with Crippen LogP contribution >= 0.6 is 0 Å². The lowest BCUT2D eigenvalue weighted by atomic mass is 10.00. The molecule has 19 heavy (non-hydrogen) atoms. The van der Waals surface area contributed by atoms with Crippen molar-refractivity contribution in [1.29, 1.82) is 0 Å². The van der Waals surface area contributed by atoms with Crippen LogP contribution < -0.4 is 5.32 Å². The van der Waals surface area contributed by atoms with Gasteiger partial charge in [0.15, 0.2) is 0 Å². The van der Waals surface area contributed by atoms with Crippen LogP contribution in [0.4, 0.5) is 0 Å². The Hall–Kier alpha value is -2.13. The van der Waals surface area contributed by atoms with Crippen LogP contribution in [-0.2, 0) is 0 Å². The minimum atomic E-state index is -0.901. The zero-order chi connectivity index (χ0) is 13.8. The van der Waals surface area contributed by atoms with Gasteiger partial charge in [-0.2, -0.15) is 0 Å². The molecule has 3 heteroatoms. The zero-order valence-corrected chi connectivity index (χ0v) is 11.1. The standard InChI is InChI=1S/C16H17NO2/c1-11(17-2)12-6-8-13(9-7-12)14-4-3-5-15(10-14)16(18)19/h3-11,17H,1-2H3,(H,18,19). The summed E-state index contributed by atoms with van der Waals surface area (Å²) in [7, 11) is 1.93. The van der Waals surface area contributed by atoms with E-state index in [9.17, 15) is 4.79 Å². The quantitative estimate of drug-likeness (QED) is 0.881. The Morgan fingerprint density at radius 2 is 1.79 bits per heavy atom. The van der Waals surface area contributed by atoms with Crippen molar-refractivity contribution in [2.75, 3.05) is 7.05 Å². The van der Waals surface area contributed by atoms with Gasteiger partial charge in [-0.3, -0.25) is 0 Å². The van der Waals surface area contributed by atoms with Gasteiger partial charge in [-0.05, 0) is 42.8 Å². The third-order valence-electron chi connectivity index (χ3n) is 3.29. The van der Waals surface area contributed by atoms with Crippen LogP contribution in [0.15, 0.2) is 48.5 Å². The fourth-order valence-electron chi connectivity index (χ4n) is 1.96. The van der Waals surface area contributed by atoms with E-state index in [0.29, 0.717) is 11.6 Å². The first-order valence-electron chi connectivity index (χ1n) is 6.23. The Bertz CT molecular complexity index is 576. The van der Waals surface area contributed by atoms with Crippen molar-refractivity contribution in [2.45, 2.75) is 13.0 Å². The maximum Gasteiger partial charge on any atom is 0.335 e. The monoisotopic (exact) mass is 255 g/mol. The molecular formula is C16H17NO2. The minimum Gasteiger partial charge on any atom is -0.478 e. The minimum absolute atomic E-state index is 0.305. The highest BCUT2D eigenvalue weighted by Gasteiger charge is 2.06. The fraction of sp³-hybridized carbons (Fsp3) is 0.188. The van der Waals surface area contributed by atoms with Crippen LogP contribution in [0.3, 0.4) is 0 Å². The molecule has 0 bridgehead atoms. The molecule has 3 nitrogen and oxygen atoms in total. The first kappa shape index (κ1) is 13.3. The Morgan fingerprint density at radius 3 is 2.37 bits per heavy atom. The summed E-state index contributed by atoms with van der Waals surface area (Å²) in [6.45, 7) is 2.10. The van der Waals surface area contributed by atoms with Crippen molar-refractivity contribution in [2.24, 2.45) is 0 Å². The van der Waals surface area contributed by atoms with Gasteiger partial charge in [0, 0.05) is 6.04 Å². The molecule has 0 aliphatic carbocycles. The molecule has 1 unspecified atom stereocenters. The fourth-order valence-corrected chi connectivity index (χ4v) is 1.96. The molecule has 0 aliphatic rings. The van der Waals surface area contributed by atoms with Gasteiger partial charge in [0.25, 0.3) is 0 Å². The van der Waals surface area contributed by atoms with E-state index < -0.39 is 5.97 Å². The first-order chi connectivity index (χ1) is 9.11. The molecule has 0 amide bonds. The predicted molar refractivity (Wildman–Crippen MR) is 76.3 cm³/mol. The molecule has 2 aromatic rings. The van der Waals surface area contributed by atoms with E-state index in [1.54, 1.807) is 18.2 Å². The van der Waals surface area contributed by atoms with Gasteiger partial charge in [0.05, 0.1) is 5.56 Å². The topological polar surface area (TPSA) is 49.3 Å². The number of carboxylic acids is 1. The second-order valence-electron chi connectivity index (χ2n) is 4.52. The normalized spacial score (nSPS) is 12.1. The summed E-state index contributed by atoms with van der Waals surface area (Å²) in [6, 6.07) is 15.4. The van der Waals surface area contributed by atoms with E-state index >= 15 is 0 Å². The van der Waals surface area contributed by atoms with Crippen LogP contribution in [0.5, 0.6) is 0 Å². The number of hydrogen-bond donors (Lipinski definition) is 2. The summed E-state index contributed by atoms with van der Waals surface area (Å²) in [5.41, 5.74) is 3.46. The largest absolute Gasteiger partial charge is 0.478 e. The molecule has 2 rings (SSSR count). The molecule has 0 aromatic heterocycles. The molecule has 0 saturated heterocycles. The van der Waals surface area contributed by atoms with Gasteiger partial charge in [-0.1, -0.05) is 36.4 Å². The van der Waals surface area contributed by atoms with E-state index in [-0.39, 0.29) is 0 Å². The smallest absolute Gasteiger partial charge is 0.335 e. The lowest BCUT2D eigenvalue weighted by molar-refractivity contribution is 0.0697. The number of benzene rings is 2. The summed E-state index contributed by atoms with van der Waals surface area (Å²) in [5, 5.41) is 12.2. The number of hydrogen-bond acceptors (Lipinski definition) is 2. The van der Waals surface area contributed by atoms with Crippen LogP contribution in [0, 0.1) is 0 Å². The SMILES string of the molecule is CNC(C)c1ccc(-c2cccc(C(=O)O)c2)cc1. The molecule has 0 heterocycles. The van der Waals surface area contributed by atoms with Gasteiger partial charge >= 0.3 is 5.97 Å². The number of nitrogens with one attached hydrogen (secondary N) is 1. The molecule has 2 aromatic carbocycles. The van der Waals surface area contributed by atoms with Crippen LogP contribution in [0.2, 0.25) is 0 Å². The number of rotatable bonds is 4. The van der Waals surface area contributed by atoms with Crippen molar-refractivity contribution in [3.63, 3.8) is 0 Å². The molecule has 0 aliphatic heterocycles. The Morgan fingerprint density at radius 1 is 1.11 bits per heavy atom. The predicted octanol–water partition coefficient (Wildman–Crippen LogP) is 3.33. The zero-order valence-electron chi connectivity index (χ0n) is 11.1. The van der Waals surface area contributed by atoms with Crippen molar-refractivity contribution in [3.8, 4) is 11.1 Å². The van der Waals surface area contributed by atoms with Crippen LogP contribution in [0.1, 0.15) is 28.9 Å². The maximum absolute atomic E-state index is 11.0. The molecule has 98 valence electrons. The Labute approximate surface area is 112 Å². The third kappa shape index (κ3) is 3.01. The Kier molecular flexibility index (Phi) is 3.97. The van der Waals surface area contributed by atoms with Gasteiger partial charge in [0.1, 0.15) is 0 Å². The summed E-state index contributed by atoms with van der Waals surface area (Å²) in [5.74, 6) is -0.901. The van der Waals surface area contributed by atoms with E-state index in [1.165, 1.54) is 5.56 Å².